The van der Waals surface area contributed by atoms with Gasteiger partial charge in [-0.05, 0) is 46.3 Å². The first-order valence-electron chi connectivity index (χ1n) is 9.94. The maximum Gasteiger partial charge on any atom is 0.286 e. The molecule has 3 aromatic carbocycles. The van der Waals surface area contributed by atoms with Gasteiger partial charge in [0, 0.05) is 26.2 Å². The topological polar surface area (TPSA) is 35.9 Å². The van der Waals surface area contributed by atoms with Crippen molar-refractivity contribution in [3.05, 3.63) is 83.0 Å². The molecular formula is C24H20FN3OS. The van der Waals surface area contributed by atoms with Gasteiger partial charge in [-0.15, -0.1) is 0 Å². The smallest absolute Gasteiger partial charge is 0.286 e. The Bertz CT molecular complexity index is 1180. The van der Waals surface area contributed by atoms with Crippen molar-refractivity contribution in [3.63, 3.8) is 0 Å². The van der Waals surface area contributed by atoms with E-state index in [9.17, 15) is 9.18 Å². The highest BCUT2D eigenvalue weighted by Crippen LogP contribution is 2.32. The van der Waals surface area contributed by atoms with Crippen LogP contribution in [0.5, 0.6) is 0 Å². The van der Waals surface area contributed by atoms with E-state index in [0.717, 1.165) is 21.5 Å². The zero-order valence-electron chi connectivity index (χ0n) is 16.3. The zero-order valence-corrected chi connectivity index (χ0v) is 17.1. The van der Waals surface area contributed by atoms with Crippen LogP contribution in [0.3, 0.4) is 0 Å². The third-order valence-electron chi connectivity index (χ3n) is 5.46. The molecule has 0 radical (unpaired) electrons. The van der Waals surface area contributed by atoms with Crippen molar-refractivity contribution in [2.75, 3.05) is 31.1 Å². The number of para-hydroxylation sites is 1. The number of fused-ring (bicyclic) bond motifs is 1. The third kappa shape index (κ3) is 3.59. The standard InChI is InChI=1S/C24H20FN3OS/c25-20-10-3-4-11-21(20)27-12-14-28(15-13-27)24-26-23(29)22(30-24)16-18-8-5-7-17-6-1-2-9-19(17)18/h1-11,16H,12-15H2/b22-16-. The van der Waals surface area contributed by atoms with E-state index >= 15 is 0 Å². The van der Waals surface area contributed by atoms with E-state index in [1.54, 1.807) is 12.1 Å². The van der Waals surface area contributed by atoms with Crippen molar-refractivity contribution in [2.24, 2.45) is 4.99 Å². The molecule has 0 N–H and O–H groups in total. The highest BCUT2D eigenvalue weighted by atomic mass is 32.2. The van der Waals surface area contributed by atoms with Crippen LogP contribution < -0.4 is 4.90 Å². The summed E-state index contributed by atoms with van der Waals surface area (Å²) in [6, 6.07) is 21.1. The number of benzene rings is 3. The molecule has 4 nitrogen and oxygen atoms in total. The molecule has 30 heavy (non-hydrogen) atoms. The molecular weight excluding hydrogens is 397 g/mol. The molecule has 2 aliphatic rings. The Balaban J connectivity index is 1.30. The molecule has 1 fully saturated rings. The van der Waals surface area contributed by atoms with Gasteiger partial charge in [0.05, 0.1) is 10.6 Å². The largest absolute Gasteiger partial charge is 0.366 e. The van der Waals surface area contributed by atoms with Crippen molar-refractivity contribution in [1.82, 2.24) is 4.90 Å². The van der Waals surface area contributed by atoms with Gasteiger partial charge >= 0.3 is 0 Å². The van der Waals surface area contributed by atoms with Gasteiger partial charge in [0.25, 0.3) is 5.91 Å². The van der Waals surface area contributed by atoms with E-state index in [4.69, 9.17) is 0 Å². The lowest BCUT2D eigenvalue weighted by atomic mass is 10.0. The monoisotopic (exact) mass is 417 g/mol. The third-order valence-corrected chi connectivity index (χ3v) is 6.51. The highest BCUT2D eigenvalue weighted by molar-refractivity contribution is 8.18. The Hall–Kier alpha value is -3.12. The summed E-state index contributed by atoms with van der Waals surface area (Å²) in [7, 11) is 0. The van der Waals surface area contributed by atoms with Crippen LogP contribution in [0.4, 0.5) is 10.1 Å². The van der Waals surface area contributed by atoms with Crippen LogP contribution in [0, 0.1) is 5.82 Å². The molecule has 0 saturated carbocycles. The normalized spacial score (nSPS) is 18.4. The molecule has 2 aliphatic heterocycles. The Morgan fingerprint density at radius 3 is 2.40 bits per heavy atom. The maximum absolute atomic E-state index is 14.1. The minimum Gasteiger partial charge on any atom is -0.366 e. The molecule has 0 unspecified atom stereocenters. The molecule has 6 heteroatoms. The number of amidine groups is 1. The van der Waals surface area contributed by atoms with E-state index < -0.39 is 0 Å². The Kier molecular flexibility index (Phi) is 5.01. The van der Waals surface area contributed by atoms with E-state index in [1.807, 2.05) is 41.3 Å². The SMILES string of the molecule is O=C1N=C(N2CCN(c3ccccc3F)CC2)S/C1=C\c1cccc2ccccc12. The quantitative estimate of drug-likeness (QED) is 0.563. The molecule has 0 atom stereocenters. The fourth-order valence-electron chi connectivity index (χ4n) is 3.90. The minimum atomic E-state index is -0.200. The van der Waals surface area contributed by atoms with Crippen molar-refractivity contribution in [3.8, 4) is 0 Å². The zero-order chi connectivity index (χ0) is 20.5. The van der Waals surface area contributed by atoms with Crippen LogP contribution in [0.15, 0.2) is 76.6 Å². The van der Waals surface area contributed by atoms with E-state index in [1.165, 1.54) is 17.8 Å². The summed E-state index contributed by atoms with van der Waals surface area (Å²) in [5.41, 5.74) is 1.65. The molecule has 150 valence electrons. The first kappa shape index (κ1) is 18.9. The lowest BCUT2D eigenvalue weighted by Crippen LogP contribution is -2.48. The number of hydrogen-bond acceptors (Lipinski definition) is 4. The molecule has 0 bridgehead atoms. The number of aliphatic imine (C=N–C) groups is 1. The second-order valence-corrected chi connectivity index (χ2v) is 8.31. The number of thioether (sulfide) groups is 1. The fraction of sp³-hybridized carbons (Fsp3) is 0.167. The van der Waals surface area contributed by atoms with Crippen molar-refractivity contribution in [2.45, 2.75) is 0 Å². The predicted octanol–water partition coefficient (Wildman–Crippen LogP) is 4.77. The number of halogens is 1. The first-order chi connectivity index (χ1) is 14.7. The van der Waals surface area contributed by atoms with Crippen LogP contribution in [0.25, 0.3) is 16.8 Å². The molecule has 0 aliphatic carbocycles. The number of nitrogens with zero attached hydrogens (tertiary/aromatic N) is 3. The highest BCUT2D eigenvalue weighted by Gasteiger charge is 2.29. The van der Waals surface area contributed by atoms with Crippen molar-refractivity contribution < 1.29 is 9.18 Å². The lowest BCUT2D eigenvalue weighted by Gasteiger charge is -2.36. The van der Waals surface area contributed by atoms with Gasteiger partial charge in [0.2, 0.25) is 0 Å². The van der Waals surface area contributed by atoms with Crippen LogP contribution in [0.2, 0.25) is 0 Å². The minimum absolute atomic E-state index is 0.195. The van der Waals surface area contributed by atoms with Gasteiger partial charge in [0.15, 0.2) is 5.17 Å². The van der Waals surface area contributed by atoms with Crippen molar-refractivity contribution >= 4 is 45.4 Å². The number of anilines is 1. The number of hydrogen-bond donors (Lipinski definition) is 0. The number of piperazine rings is 1. The number of carbonyl (C=O) groups is 1. The first-order valence-corrected chi connectivity index (χ1v) is 10.8. The average molecular weight is 418 g/mol. The van der Waals surface area contributed by atoms with Gasteiger partial charge < -0.3 is 9.80 Å². The fourth-order valence-corrected chi connectivity index (χ4v) is 4.85. The second-order valence-electron chi connectivity index (χ2n) is 7.30. The number of amides is 1. The van der Waals surface area contributed by atoms with Gasteiger partial charge in [0.1, 0.15) is 5.82 Å². The van der Waals surface area contributed by atoms with E-state index in [-0.39, 0.29) is 11.7 Å². The van der Waals surface area contributed by atoms with Crippen molar-refractivity contribution in [1.29, 1.82) is 0 Å². The lowest BCUT2D eigenvalue weighted by molar-refractivity contribution is -0.113. The summed E-state index contributed by atoms with van der Waals surface area (Å²) in [6.45, 7) is 2.79. The van der Waals surface area contributed by atoms with Crippen LogP contribution >= 0.6 is 11.8 Å². The maximum atomic E-state index is 14.1. The molecule has 2 heterocycles. The molecule has 5 rings (SSSR count). The summed E-state index contributed by atoms with van der Waals surface area (Å²) in [5.74, 6) is -0.395. The van der Waals surface area contributed by atoms with E-state index in [0.29, 0.717) is 36.8 Å². The second kappa shape index (κ2) is 7.95. The molecule has 1 amide bonds. The summed E-state index contributed by atoms with van der Waals surface area (Å²) in [6.07, 6.45) is 1.93. The summed E-state index contributed by atoms with van der Waals surface area (Å²) >= 11 is 1.42. The summed E-state index contributed by atoms with van der Waals surface area (Å²) in [5, 5.41) is 3.00. The van der Waals surface area contributed by atoms with Crippen LogP contribution in [-0.2, 0) is 4.79 Å². The predicted molar refractivity (Wildman–Crippen MR) is 122 cm³/mol. The van der Waals surface area contributed by atoms with Gasteiger partial charge in [-0.25, -0.2) is 4.39 Å². The van der Waals surface area contributed by atoms with Gasteiger partial charge in [-0.1, -0.05) is 54.6 Å². The average Bonchev–Trinajstić information content (AvgIpc) is 3.15. The Morgan fingerprint density at radius 2 is 1.57 bits per heavy atom. The Labute approximate surface area is 178 Å². The van der Waals surface area contributed by atoms with Crippen LogP contribution in [0.1, 0.15) is 5.56 Å². The van der Waals surface area contributed by atoms with Gasteiger partial charge in [-0.3, -0.25) is 4.79 Å². The summed E-state index contributed by atoms with van der Waals surface area (Å²) < 4.78 is 14.1. The number of carbonyl (C=O) groups excluding carboxylic acids is 1. The van der Waals surface area contributed by atoms with Gasteiger partial charge in [-0.2, -0.15) is 4.99 Å². The molecule has 0 spiro atoms. The molecule has 1 saturated heterocycles. The Morgan fingerprint density at radius 1 is 0.867 bits per heavy atom. The summed E-state index contributed by atoms with van der Waals surface area (Å²) in [4.78, 5) is 21.6. The van der Waals surface area contributed by atoms with Crippen LogP contribution in [-0.4, -0.2) is 42.2 Å². The molecule has 0 aromatic heterocycles. The number of rotatable bonds is 2. The van der Waals surface area contributed by atoms with E-state index in [2.05, 4.69) is 28.1 Å². The molecule has 3 aromatic rings.